The smallest absolute Gasteiger partial charge is 0.281 e. The Morgan fingerprint density at radius 2 is 1.46 bits per heavy atom. The lowest BCUT2D eigenvalue weighted by Gasteiger charge is -2.02. The van der Waals surface area contributed by atoms with Crippen molar-refractivity contribution >= 4 is 11.8 Å². The van der Waals surface area contributed by atoms with Gasteiger partial charge >= 0.3 is 0 Å². The quantitative estimate of drug-likeness (QED) is 0.513. The molecule has 0 aliphatic heterocycles. The zero-order chi connectivity index (χ0) is 17.4. The maximum Gasteiger partial charge on any atom is 0.281 e. The SMILES string of the molecule is Cc1cc(C)cc(-c2nnc(Sc3c(F)c(F)nc(F)c3F)o2)c1. The molecule has 9 heteroatoms. The van der Waals surface area contributed by atoms with Crippen LogP contribution in [0.25, 0.3) is 11.5 Å². The summed E-state index contributed by atoms with van der Waals surface area (Å²) in [7, 11) is 0. The van der Waals surface area contributed by atoms with Crippen LogP contribution >= 0.6 is 11.8 Å². The highest BCUT2D eigenvalue weighted by molar-refractivity contribution is 7.99. The summed E-state index contributed by atoms with van der Waals surface area (Å²) in [6, 6.07) is 5.53. The summed E-state index contributed by atoms with van der Waals surface area (Å²) in [5.74, 6) is -6.61. The maximum absolute atomic E-state index is 13.6. The summed E-state index contributed by atoms with van der Waals surface area (Å²) >= 11 is 0.283. The van der Waals surface area contributed by atoms with Crippen molar-refractivity contribution in [2.75, 3.05) is 0 Å². The Balaban J connectivity index is 1.95. The lowest BCUT2D eigenvalue weighted by Crippen LogP contribution is -2.01. The predicted molar refractivity (Wildman–Crippen MR) is 77.4 cm³/mol. The molecule has 1 aromatic carbocycles. The number of nitrogens with zero attached hydrogens (tertiary/aromatic N) is 3. The first kappa shape index (κ1) is 16.4. The van der Waals surface area contributed by atoms with Crippen molar-refractivity contribution in [1.29, 1.82) is 0 Å². The number of rotatable bonds is 3. The van der Waals surface area contributed by atoms with E-state index >= 15 is 0 Å². The van der Waals surface area contributed by atoms with Crippen molar-refractivity contribution in [3.8, 4) is 11.5 Å². The van der Waals surface area contributed by atoms with Gasteiger partial charge < -0.3 is 4.42 Å². The van der Waals surface area contributed by atoms with E-state index in [-0.39, 0.29) is 22.9 Å². The van der Waals surface area contributed by atoms with Gasteiger partial charge in [0, 0.05) is 5.56 Å². The minimum absolute atomic E-state index is 0.125. The Labute approximate surface area is 137 Å². The Bertz CT molecular complexity index is 883. The molecule has 2 heterocycles. The van der Waals surface area contributed by atoms with Gasteiger partial charge in [-0.1, -0.05) is 17.2 Å². The minimum Gasteiger partial charge on any atom is -0.411 e. The third-order valence-corrected chi connectivity index (χ3v) is 3.92. The topological polar surface area (TPSA) is 51.8 Å². The average molecular weight is 355 g/mol. The van der Waals surface area contributed by atoms with E-state index in [4.69, 9.17) is 4.42 Å². The standard InChI is InChI=1S/C15H9F4N3OS/c1-6-3-7(2)5-8(4-6)14-21-22-15(23-14)24-11-9(16)12(18)20-13(19)10(11)17/h3-5H,1-2H3. The zero-order valence-corrected chi connectivity index (χ0v) is 13.2. The van der Waals surface area contributed by atoms with Crippen LogP contribution in [-0.4, -0.2) is 15.2 Å². The van der Waals surface area contributed by atoms with E-state index in [0.29, 0.717) is 5.56 Å². The third-order valence-electron chi connectivity index (χ3n) is 3.02. The average Bonchev–Trinajstić information content (AvgIpc) is 2.97. The molecule has 0 unspecified atom stereocenters. The van der Waals surface area contributed by atoms with E-state index in [0.717, 1.165) is 11.1 Å². The molecule has 0 radical (unpaired) electrons. The number of halogens is 4. The summed E-state index contributed by atoms with van der Waals surface area (Å²) in [6.07, 6.45) is 0. The van der Waals surface area contributed by atoms with Crippen molar-refractivity contribution < 1.29 is 22.0 Å². The molecule has 0 fully saturated rings. The Kier molecular flexibility index (Phi) is 4.27. The molecule has 2 aromatic heterocycles. The van der Waals surface area contributed by atoms with Crippen molar-refractivity contribution in [3.05, 3.63) is 52.9 Å². The van der Waals surface area contributed by atoms with Gasteiger partial charge in [-0.2, -0.15) is 13.8 Å². The van der Waals surface area contributed by atoms with E-state index in [2.05, 4.69) is 15.2 Å². The number of pyridine rings is 1. The Morgan fingerprint density at radius 1 is 0.875 bits per heavy atom. The largest absolute Gasteiger partial charge is 0.411 e. The second kappa shape index (κ2) is 6.23. The molecule has 0 N–H and O–H groups in total. The summed E-state index contributed by atoms with van der Waals surface area (Å²) in [5, 5.41) is 7.16. The fourth-order valence-corrected chi connectivity index (χ4v) is 2.84. The number of hydrogen-bond donors (Lipinski definition) is 0. The fraction of sp³-hybridized carbons (Fsp3) is 0.133. The summed E-state index contributed by atoms with van der Waals surface area (Å²) in [5.41, 5.74) is 2.56. The number of aromatic nitrogens is 3. The summed E-state index contributed by atoms with van der Waals surface area (Å²) in [4.78, 5) is 1.55. The van der Waals surface area contributed by atoms with Crippen LogP contribution in [0.5, 0.6) is 0 Å². The molecule has 0 aliphatic carbocycles. The second-order valence-corrected chi connectivity index (χ2v) is 5.96. The monoisotopic (exact) mass is 355 g/mol. The summed E-state index contributed by atoms with van der Waals surface area (Å²) < 4.78 is 58.8. The second-order valence-electron chi connectivity index (χ2n) is 5.00. The van der Waals surface area contributed by atoms with E-state index in [1.807, 2.05) is 19.9 Å². The van der Waals surface area contributed by atoms with Crippen LogP contribution in [0.1, 0.15) is 11.1 Å². The van der Waals surface area contributed by atoms with Gasteiger partial charge in [0.2, 0.25) is 5.89 Å². The minimum atomic E-state index is -1.74. The first-order valence-corrected chi connectivity index (χ1v) is 7.47. The molecular weight excluding hydrogens is 346 g/mol. The van der Waals surface area contributed by atoms with Gasteiger partial charge in [0.05, 0.1) is 4.90 Å². The zero-order valence-electron chi connectivity index (χ0n) is 12.4. The van der Waals surface area contributed by atoms with E-state index < -0.39 is 28.4 Å². The molecule has 0 saturated carbocycles. The molecule has 0 saturated heterocycles. The van der Waals surface area contributed by atoms with Gasteiger partial charge in [0.25, 0.3) is 17.1 Å². The highest BCUT2D eigenvalue weighted by Crippen LogP contribution is 2.34. The van der Waals surface area contributed by atoms with Gasteiger partial charge in [-0.3, -0.25) is 0 Å². The van der Waals surface area contributed by atoms with Gasteiger partial charge in [-0.15, -0.1) is 10.2 Å². The van der Waals surface area contributed by atoms with E-state index in [1.165, 1.54) is 0 Å². The molecule has 3 rings (SSSR count). The van der Waals surface area contributed by atoms with Crippen molar-refractivity contribution in [2.45, 2.75) is 24.0 Å². The highest BCUT2D eigenvalue weighted by Gasteiger charge is 2.24. The molecule has 0 aliphatic rings. The maximum atomic E-state index is 13.6. The number of benzene rings is 1. The Morgan fingerprint density at radius 3 is 2.04 bits per heavy atom. The van der Waals surface area contributed by atoms with Crippen LogP contribution in [-0.2, 0) is 0 Å². The van der Waals surface area contributed by atoms with Crippen LogP contribution in [0.15, 0.2) is 32.7 Å². The molecular formula is C15H9F4N3OS. The van der Waals surface area contributed by atoms with Crippen molar-refractivity contribution in [1.82, 2.24) is 15.2 Å². The first-order chi connectivity index (χ1) is 11.3. The molecule has 0 amide bonds. The molecule has 3 aromatic rings. The molecule has 124 valence electrons. The fourth-order valence-electron chi connectivity index (χ4n) is 2.11. The van der Waals surface area contributed by atoms with Crippen molar-refractivity contribution in [2.24, 2.45) is 0 Å². The molecule has 0 atom stereocenters. The van der Waals surface area contributed by atoms with Gasteiger partial charge in [-0.25, -0.2) is 8.78 Å². The van der Waals surface area contributed by atoms with Gasteiger partial charge in [0.1, 0.15) is 0 Å². The van der Waals surface area contributed by atoms with Crippen LogP contribution in [0, 0.1) is 37.4 Å². The lowest BCUT2D eigenvalue weighted by atomic mass is 10.1. The van der Waals surface area contributed by atoms with Crippen LogP contribution < -0.4 is 0 Å². The molecule has 24 heavy (non-hydrogen) atoms. The normalized spacial score (nSPS) is 11.1. The van der Waals surface area contributed by atoms with Crippen molar-refractivity contribution in [3.63, 3.8) is 0 Å². The van der Waals surface area contributed by atoms with Gasteiger partial charge in [0.15, 0.2) is 11.6 Å². The third kappa shape index (κ3) is 3.12. The molecule has 0 spiro atoms. The van der Waals surface area contributed by atoms with Gasteiger partial charge in [-0.05, 0) is 37.7 Å². The number of aryl methyl sites for hydroxylation is 2. The van der Waals surface area contributed by atoms with Crippen LogP contribution in [0.3, 0.4) is 0 Å². The predicted octanol–water partition coefficient (Wildman–Crippen LogP) is 4.46. The van der Waals surface area contributed by atoms with E-state index in [9.17, 15) is 17.6 Å². The highest BCUT2D eigenvalue weighted by atomic mass is 32.2. The van der Waals surface area contributed by atoms with E-state index in [1.54, 1.807) is 12.1 Å². The molecule has 0 bridgehead atoms. The first-order valence-electron chi connectivity index (χ1n) is 6.65. The van der Waals surface area contributed by atoms with Crippen LogP contribution in [0.2, 0.25) is 0 Å². The Hall–Kier alpha value is -2.42. The lowest BCUT2D eigenvalue weighted by molar-refractivity contribution is 0.382. The number of hydrogen-bond acceptors (Lipinski definition) is 5. The van der Waals surface area contributed by atoms with Crippen LogP contribution in [0.4, 0.5) is 17.6 Å². The summed E-state index contributed by atoms with van der Waals surface area (Å²) in [6.45, 7) is 3.77. The molecule has 4 nitrogen and oxygen atoms in total.